The Bertz CT molecular complexity index is 578. The summed E-state index contributed by atoms with van der Waals surface area (Å²) < 4.78 is 0. The highest BCUT2D eigenvalue weighted by molar-refractivity contribution is 5.88. The first kappa shape index (κ1) is 27.3. The molecule has 0 saturated heterocycles. The molecule has 0 amide bonds. The normalized spacial score (nSPS) is 19.2. The van der Waals surface area contributed by atoms with E-state index in [-0.39, 0.29) is 42.5 Å². The smallest absolute Gasteiger partial charge is 0.331 e. The second-order valence-electron chi connectivity index (χ2n) is 8.88. The zero-order valence-electron chi connectivity index (χ0n) is 18.8. The molecule has 6 heteroatoms. The fourth-order valence-corrected chi connectivity index (χ4v) is 3.73. The molecule has 168 valence electrons. The lowest BCUT2D eigenvalue weighted by Crippen LogP contribution is -2.19. The van der Waals surface area contributed by atoms with Crippen LogP contribution in [0.1, 0.15) is 67.2 Å². The molecule has 0 fully saturated rings. The highest BCUT2D eigenvalue weighted by Crippen LogP contribution is 2.26. The van der Waals surface area contributed by atoms with Crippen molar-refractivity contribution < 1.29 is 30.0 Å². The minimum absolute atomic E-state index is 0.0253. The lowest BCUT2D eigenvalue weighted by atomic mass is 9.83. The van der Waals surface area contributed by atoms with Gasteiger partial charge in [0, 0.05) is 12.2 Å². The van der Waals surface area contributed by atoms with E-state index in [4.69, 9.17) is 5.11 Å². The second-order valence-corrected chi connectivity index (χ2v) is 8.88. The fourth-order valence-electron chi connectivity index (χ4n) is 3.73. The lowest BCUT2D eigenvalue weighted by molar-refractivity contribution is -0.141. The van der Waals surface area contributed by atoms with Crippen LogP contribution >= 0.6 is 0 Å². The molecule has 0 aromatic heterocycles. The Morgan fingerprint density at radius 1 is 0.966 bits per heavy atom. The summed E-state index contributed by atoms with van der Waals surface area (Å²) in [4.78, 5) is 22.4. The SMILES string of the molecule is CC(=CC(C)CC(CO)CC(C)CC(C)C(C)O)C=C(CC(C)C(=O)O)C(=O)O. The van der Waals surface area contributed by atoms with Gasteiger partial charge in [-0.1, -0.05) is 39.3 Å². The molecule has 0 aliphatic rings. The highest BCUT2D eigenvalue weighted by atomic mass is 16.4. The number of rotatable bonds is 14. The first-order valence-corrected chi connectivity index (χ1v) is 10.5. The van der Waals surface area contributed by atoms with Crippen LogP contribution in [-0.2, 0) is 9.59 Å². The number of carbonyl (C=O) groups is 2. The molecule has 0 aromatic carbocycles. The molecular formula is C23H40O6. The Labute approximate surface area is 175 Å². The number of aliphatic hydroxyl groups is 2. The number of allylic oxidation sites excluding steroid dienone is 3. The van der Waals surface area contributed by atoms with Crippen LogP contribution in [0.15, 0.2) is 23.3 Å². The van der Waals surface area contributed by atoms with E-state index < -0.39 is 17.9 Å². The molecule has 0 aromatic rings. The van der Waals surface area contributed by atoms with Crippen LogP contribution in [0.4, 0.5) is 0 Å². The second kappa shape index (κ2) is 13.5. The van der Waals surface area contributed by atoms with Crippen molar-refractivity contribution in [3.05, 3.63) is 23.3 Å². The summed E-state index contributed by atoms with van der Waals surface area (Å²) in [5.74, 6) is -1.98. The van der Waals surface area contributed by atoms with Crippen molar-refractivity contribution in [3.8, 4) is 0 Å². The van der Waals surface area contributed by atoms with Crippen molar-refractivity contribution >= 4 is 11.9 Å². The number of carboxylic acid groups (broad SMARTS) is 2. The van der Waals surface area contributed by atoms with Crippen molar-refractivity contribution in [3.63, 3.8) is 0 Å². The van der Waals surface area contributed by atoms with Crippen LogP contribution in [0, 0.1) is 29.6 Å². The number of aliphatic hydroxyl groups excluding tert-OH is 2. The van der Waals surface area contributed by atoms with Gasteiger partial charge in [-0.2, -0.15) is 0 Å². The van der Waals surface area contributed by atoms with Crippen LogP contribution in [0.25, 0.3) is 0 Å². The van der Waals surface area contributed by atoms with E-state index in [1.54, 1.807) is 13.0 Å². The molecule has 6 unspecified atom stereocenters. The molecule has 0 radical (unpaired) electrons. The quantitative estimate of drug-likeness (QED) is 0.252. The monoisotopic (exact) mass is 412 g/mol. The van der Waals surface area contributed by atoms with E-state index in [0.29, 0.717) is 5.92 Å². The third-order valence-electron chi connectivity index (χ3n) is 5.47. The molecule has 0 bridgehead atoms. The Hall–Kier alpha value is -1.66. The van der Waals surface area contributed by atoms with Crippen molar-refractivity contribution in [1.82, 2.24) is 0 Å². The van der Waals surface area contributed by atoms with Gasteiger partial charge in [0.05, 0.1) is 12.0 Å². The predicted molar refractivity (Wildman–Crippen MR) is 114 cm³/mol. The topological polar surface area (TPSA) is 115 Å². The molecule has 0 saturated carbocycles. The van der Waals surface area contributed by atoms with Gasteiger partial charge in [-0.3, -0.25) is 4.79 Å². The molecule has 6 nitrogen and oxygen atoms in total. The number of carboxylic acids is 2. The maximum Gasteiger partial charge on any atom is 0.331 e. The van der Waals surface area contributed by atoms with Crippen LogP contribution in [0.3, 0.4) is 0 Å². The van der Waals surface area contributed by atoms with Gasteiger partial charge in [0.25, 0.3) is 0 Å². The molecule has 6 atom stereocenters. The van der Waals surface area contributed by atoms with Crippen molar-refractivity contribution in [2.24, 2.45) is 29.6 Å². The summed E-state index contributed by atoms with van der Waals surface area (Å²) in [6.45, 7) is 11.4. The molecular weight excluding hydrogens is 372 g/mol. The maximum absolute atomic E-state index is 11.4. The molecule has 0 rings (SSSR count). The first-order valence-electron chi connectivity index (χ1n) is 10.5. The molecule has 4 N–H and O–H groups in total. The van der Waals surface area contributed by atoms with Crippen LogP contribution in [-0.4, -0.2) is 45.1 Å². The predicted octanol–water partition coefficient (Wildman–Crippen LogP) is 4.12. The van der Waals surface area contributed by atoms with E-state index >= 15 is 0 Å². The summed E-state index contributed by atoms with van der Waals surface area (Å²) in [5.41, 5.74) is 0.861. The maximum atomic E-state index is 11.4. The summed E-state index contributed by atoms with van der Waals surface area (Å²) in [6.07, 6.45) is 5.71. The average molecular weight is 413 g/mol. The fraction of sp³-hybridized carbons (Fsp3) is 0.739. The van der Waals surface area contributed by atoms with Gasteiger partial charge in [-0.25, -0.2) is 4.79 Å². The van der Waals surface area contributed by atoms with Crippen molar-refractivity contribution in [2.45, 2.75) is 73.3 Å². The summed E-state index contributed by atoms with van der Waals surface area (Å²) >= 11 is 0. The Balaban J connectivity index is 4.97. The van der Waals surface area contributed by atoms with Crippen molar-refractivity contribution in [2.75, 3.05) is 6.61 Å². The van der Waals surface area contributed by atoms with Crippen LogP contribution in [0.5, 0.6) is 0 Å². The largest absolute Gasteiger partial charge is 0.481 e. The number of hydrogen-bond donors (Lipinski definition) is 4. The van der Waals surface area contributed by atoms with Crippen LogP contribution in [0.2, 0.25) is 0 Å². The van der Waals surface area contributed by atoms with Gasteiger partial charge in [-0.15, -0.1) is 0 Å². The van der Waals surface area contributed by atoms with Crippen LogP contribution < -0.4 is 0 Å². The highest BCUT2D eigenvalue weighted by Gasteiger charge is 2.20. The van der Waals surface area contributed by atoms with Gasteiger partial charge in [0.15, 0.2) is 0 Å². The zero-order valence-corrected chi connectivity index (χ0v) is 18.8. The molecule has 0 spiro atoms. The Morgan fingerprint density at radius 2 is 1.55 bits per heavy atom. The third kappa shape index (κ3) is 11.8. The summed E-state index contributed by atoms with van der Waals surface area (Å²) in [6, 6.07) is 0. The Morgan fingerprint density at radius 3 is 2.00 bits per heavy atom. The van der Waals surface area contributed by atoms with E-state index in [1.807, 2.05) is 26.8 Å². The average Bonchev–Trinajstić information content (AvgIpc) is 2.59. The van der Waals surface area contributed by atoms with Gasteiger partial charge < -0.3 is 20.4 Å². The van der Waals surface area contributed by atoms with E-state index in [9.17, 15) is 24.9 Å². The minimum Gasteiger partial charge on any atom is -0.481 e. The number of hydrogen-bond acceptors (Lipinski definition) is 4. The summed E-state index contributed by atoms with van der Waals surface area (Å²) in [5, 5.41) is 37.8. The molecule has 0 aliphatic carbocycles. The third-order valence-corrected chi connectivity index (χ3v) is 5.47. The number of aliphatic carboxylic acids is 2. The summed E-state index contributed by atoms with van der Waals surface area (Å²) in [7, 11) is 0. The molecule has 0 aliphatic heterocycles. The van der Waals surface area contributed by atoms with Gasteiger partial charge in [0.2, 0.25) is 0 Å². The first-order chi connectivity index (χ1) is 13.4. The van der Waals surface area contributed by atoms with E-state index in [0.717, 1.165) is 24.8 Å². The van der Waals surface area contributed by atoms with E-state index in [1.165, 1.54) is 6.92 Å². The minimum atomic E-state index is -1.10. The van der Waals surface area contributed by atoms with Gasteiger partial charge in [-0.05, 0) is 69.3 Å². The Kier molecular flexibility index (Phi) is 12.8. The zero-order chi connectivity index (χ0) is 22.7. The molecule has 0 heterocycles. The van der Waals surface area contributed by atoms with E-state index in [2.05, 4.69) is 6.92 Å². The van der Waals surface area contributed by atoms with Crippen molar-refractivity contribution in [1.29, 1.82) is 0 Å². The lowest BCUT2D eigenvalue weighted by Gasteiger charge is -2.24. The van der Waals surface area contributed by atoms with Gasteiger partial charge >= 0.3 is 11.9 Å². The van der Waals surface area contributed by atoms with Gasteiger partial charge in [0.1, 0.15) is 0 Å². The molecule has 29 heavy (non-hydrogen) atoms. The standard InChI is InChI=1S/C23H40O6/c1-14(9-20(13-24)10-16(3)8-17(4)19(6)25)7-15(2)11-21(23(28)29)12-18(5)22(26)27/h7,11,14,16-20,24-25H,8-10,12-13H2,1-6H3,(H,26,27)(H,28,29).